The third kappa shape index (κ3) is 1.64. The predicted octanol–water partition coefficient (Wildman–Crippen LogP) is 5.08. The molecule has 0 bridgehead atoms. The third-order valence-corrected chi connectivity index (χ3v) is 4.84. The summed E-state index contributed by atoms with van der Waals surface area (Å²) in [6.45, 7) is 2.22. The van der Waals surface area contributed by atoms with Gasteiger partial charge in [0.05, 0.1) is 7.85 Å². The molecule has 0 saturated heterocycles. The number of rotatable bonds is 1. The molecule has 2 radical (unpaired) electrons. The zero-order valence-electron chi connectivity index (χ0n) is 10.0. The van der Waals surface area contributed by atoms with E-state index in [-0.39, 0.29) is 5.41 Å². The molecule has 3 heteroatoms. The van der Waals surface area contributed by atoms with Gasteiger partial charge in [-0.1, -0.05) is 57.2 Å². The van der Waals surface area contributed by atoms with Gasteiger partial charge >= 0.3 is 0 Å². The fourth-order valence-corrected chi connectivity index (χ4v) is 3.50. The molecule has 0 aromatic heterocycles. The molecular weight excluding hydrogens is 351 g/mol. The Hall–Kier alpha value is -0.535. The highest BCUT2D eigenvalue weighted by Crippen LogP contribution is 2.51. The molecule has 2 aromatic rings. The second kappa shape index (κ2) is 4.24. The molecule has 1 aliphatic carbocycles. The molecule has 0 N–H and O–H groups in total. The Bertz CT molecular complexity index is 583. The zero-order valence-corrected chi connectivity index (χ0v) is 13.2. The van der Waals surface area contributed by atoms with E-state index in [4.69, 9.17) is 7.85 Å². The first-order valence-electron chi connectivity index (χ1n) is 5.87. The maximum Gasteiger partial charge on any atom is 0.0669 e. The molecule has 0 spiro atoms. The quantitative estimate of drug-likeness (QED) is 0.621. The lowest BCUT2D eigenvalue weighted by Crippen LogP contribution is -2.19. The summed E-state index contributed by atoms with van der Waals surface area (Å²) in [6.07, 6.45) is 0.611. The third-order valence-electron chi connectivity index (χ3n) is 3.85. The highest BCUT2D eigenvalue weighted by Gasteiger charge is 2.37. The van der Waals surface area contributed by atoms with E-state index in [9.17, 15) is 0 Å². The van der Waals surface area contributed by atoms with Gasteiger partial charge in [0.25, 0.3) is 0 Å². The first-order valence-corrected chi connectivity index (χ1v) is 7.45. The minimum atomic E-state index is -0.0990. The van der Waals surface area contributed by atoms with Crippen LogP contribution in [0.3, 0.4) is 0 Å². The van der Waals surface area contributed by atoms with E-state index in [1.165, 1.54) is 22.3 Å². The van der Waals surface area contributed by atoms with Crippen molar-refractivity contribution in [3.63, 3.8) is 0 Å². The van der Waals surface area contributed by atoms with Crippen molar-refractivity contribution in [3.8, 4) is 11.1 Å². The summed E-state index contributed by atoms with van der Waals surface area (Å²) >= 11 is 7.11. The van der Waals surface area contributed by atoms with E-state index in [0.29, 0.717) is 6.32 Å². The summed E-state index contributed by atoms with van der Waals surface area (Å²) in [4.78, 5) is 0. The Labute approximate surface area is 125 Å². The van der Waals surface area contributed by atoms with Crippen LogP contribution in [0.4, 0.5) is 0 Å². The Morgan fingerprint density at radius 1 is 0.944 bits per heavy atom. The second-order valence-electron chi connectivity index (χ2n) is 4.92. The summed E-state index contributed by atoms with van der Waals surface area (Å²) in [5, 5.41) is 0. The molecule has 0 aliphatic heterocycles. The van der Waals surface area contributed by atoms with E-state index in [1.54, 1.807) is 0 Å². The van der Waals surface area contributed by atoms with Crippen LogP contribution in [0.2, 0.25) is 6.32 Å². The Balaban J connectivity index is 2.37. The summed E-state index contributed by atoms with van der Waals surface area (Å²) in [6, 6.07) is 12.9. The van der Waals surface area contributed by atoms with Crippen LogP contribution in [0.15, 0.2) is 45.3 Å². The van der Waals surface area contributed by atoms with Crippen LogP contribution in [0.1, 0.15) is 18.1 Å². The van der Waals surface area contributed by atoms with Gasteiger partial charge in [-0.3, -0.25) is 0 Å². The van der Waals surface area contributed by atoms with Crippen molar-refractivity contribution in [1.82, 2.24) is 0 Å². The molecule has 0 heterocycles. The second-order valence-corrected chi connectivity index (χ2v) is 6.75. The van der Waals surface area contributed by atoms with E-state index >= 15 is 0 Å². The molecule has 2 aromatic carbocycles. The van der Waals surface area contributed by atoms with Crippen molar-refractivity contribution in [2.45, 2.75) is 18.7 Å². The average molecular weight is 362 g/mol. The molecule has 1 aliphatic rings. The summed E-state index contributed by atoms with van der Waals surface area (Å²) < 4.78 is 2.21. The lowest BCUT2D eigenvalue weighted by atomic mass is 9.71. The van der Waals surface area contributed by atoms with Crippen LogP contribution >= 0.6 is 31.9 Å². The average Bonchev–Trinajstić information content (AvgIpc) is 2.60. The van der Waals surface area contributed by atoms with Gasteiger partial charge in [0.2, 0.25) is 0 Å². The molecule has 18 heavy (non-hydrogen) atoms. The fourth-order valence-electron chi connectivity index (χ4n) is 2.78. The topological polar surface area (TPSA) is 0 Å². The molecule has 0 nitrogen and oxygen atoms in total. The van der Waals surface area contributed by atoms with Gasteiger partial charge in [-0.05, 0) is 46.5 Å². The number of benzene rings is 2. The normalized spacial score (nSPS) is 15.3. The van der Waals surface area contributed by atoms with Crippen molar-refractivity contribution in [2.24, 2.45) is 0 Å². The van der Waals surface area contributed by atoms with E-state index < -0.39 is 0 Å². The van der Waals surface area contributed by atoms with E-state index in [2.05, 4.69) is 75.2 Å². The van der Waals surface area contributed by atoms with Crippen LogP contribution in [0, 0.1) is 0 Å². The van der Waals surface area contributed by atoms with Crippen LogP contribution in [-0.4, -0.2) is 7.85 Å². The molecule has 88 valence electrons. The van der Waals surface area contributed by atoms with Gasteiger partial charge in [-0.15, -0.1) is 0 Å². The Kier molecular flexibility index (Phi) is 2.95. The van der Waals surface area contributed by atoms with Crippen molar-refractivity contribution in [2.75, 3.05) is 0 Å². The van der Waals surface area contributed by atoms with E-state index in [0.717, 1.165) is 8.95 Å². The number of fused-ring (bicyclic) bond motifs is 3. The molecule has 0 amide bonds. The minimum Gasteiger partial charge on any atom is -0.0754 e. The molecule has 0 fully saturated rings. The SMILES string of the molecule is [B]CC1(C)c2cc(Br)ccc2-c2ccc(Br)cc21. The van der Waals surface area contributed by atoms with Gasteiger partial charge in [0.15, 0.2) is 0 Å². The highest BCUT2D eigenvalue weighted by atomic mass is 79.9. The van der Waals surface area contributed by atoms with Gasteiger partial charge in [-0.25, -0.2) is 0 Å². The number of hydrogen-bond donors (Lipinski definition) is 0. The van der Waals surface area contributed by atoms with Gasteiger partial charge in [-0.2, -0.15) is 0 Å². The first kappa shape index (κ1) is 12.5. The van der Waals surface area contributed by atoms with Crippen molar-refractivity contribution < 1.29 is 0 Å². The van der Waals surface area contributed by atoms with Crippen LogP contribution in [0.5, 0.6) is 0 Å². The number of hydrogen-bond acceptors (Lipinski definition) is 0. The van der Waals surface area contributed by atoms with Crippen LogP contribution in [-0.2, 0) is 5.41 Å². The van der Waals surface area contributed by atoms with E-state index in [1.807, 2.05) is 0 Å². The van der Waals surface area contributed by atoms with Crippen LogP contribution < -0.4 is 0 Å². The first-order chi connectivity index (χ1) is 8.56. The highest BCUT2D eigenvalue weighted by molar-refractivity contribution is 9.10. The monoisotopic (exact) mass is 360 g/mol. The van der Waals surface area contributed by atoms with Crippen molar-refractivity contribution in [3.05, 3.63) is 56.5 Å². The molecule has 3 rings (SSSR count). The standard InChI is InChI=1S/C15H11BBr2/c1-15(8-16)13-6-9(17)2-4-11(13)12-5-3-10(18)7-14(12)15/h2-7H,8H2,1H3. The van der Waals surface area contributed by atoms with Crippen LogP contribution in [0.25, 0.3) is 11.1 Å². The molecule has 0 saturated carbocycles. The molecular formula is C15H11BBr2. The van der Waals surface area contributed by atoms with Gasteiger partial charge in [0.1, 0.15) is 0 Å². The largest absolute Gasteiger partial charge is 0.0754 e. The summed E-state index contributed by atoms with van der Waals surface area (Å²) in [7, 11) is 6.07. The van der Waals surface area contributed by atoms with Gasteiger partial charge in [0, 0.05) is 14.4 Å². The number of halogens is 2. The predicted molar refractivity (Wildman–Crippen MR) is 84.3 cm³/mol. The lowest BCUT2D eigenvalue weighted by Gasteiger charge is -2.26. The summed E-state index contributed by atoms with van der Waals surface area (Å²) in [5.41, 5.74) is 5.13. The lowest BCUT2D eigenvalue weighted by molar-refractivity contribution is 0.658. The minimum absolute atomic E-state index is 0.0990. The van der Waals surface area contributed by atoms with Gasteiger partial charge < -0.3 is 0 Å². The summed E-state index contributed by atoms with van der Waals surface area (Å²) in [5.74, 6) is 0. The van der Waals surface area contributed by atoms with Crippen molar-refractivity contribution in [1.29, 1.82) is 0 Å². The molecule has 0 atom stereocenters. The Morgan fingerprint density at radius 3 is 1.78 bits per heavy atom. The maximum absolute atomic E-state index is 6.07. The Morgan fingerprint density at radius 2 is 1.39 bits per heavy atom. The maximum atomic E-state index is 6.07. The zero-order chi connectivity index (χ0) is 12.9. The fraction of sp³-hybridized carbons (Fsp3) is 0.200. The smallest absolute Gasteiger partial charge is 0.0669 e. The van der Waals surface area contributed by atoms with Crippen molar-refractivity contribution >= 4 is 39.7 Å². The molecule has 0 unspecified atom stereocenters.